The second-order valence-corrected chi connectivity index (χ2v) is 8.28. The van der Waals surface area contributed by atoms with Crippen LogP contribution in [0.4, 0.5) is 4.39 Å². The summed E-state index contributed by atoms with van der Waals surface area (Å²) in [5.74, 6) is -0.225. The second kappa shape index (κ2) is 7.41. The normalized spacial score (nSPS) is 20.0. The molecule has 0 saturated carbocycles. The number of benzene rings is 2. The van der Waals surface area contributed by atoms with Crippen molar-refractivity contribution in [2.75, 3.05) is 0 Å². The van der Waals surface area contributed by atoms with Crippen molar-refractivity contribution >= 4 is 21.9 Å². The molecule has 1 aliphatic heterocycles. The molecule has 2 aromatic heterocycles. The van der Waals surface area contributed by atoms with E-state index >= 15 is 0 Å². The minimum absolute atomic E-state index is 0.118. The molecule has 4 N–H and O–H groups in total. The number of aliphatic hydroxyl groups is 1. The number of hydrogen-bond donors (Lipinski definition) is 4. The predicted molar refractivity (Wildman–Crippen MR) is 115 cm³/mol. The molecule has 0 aliphatic carbocycles. The number of imidazole rings is 1. The van der Waals surface area contributed by atoms with E-state index in [0.29, 0.717) is 13.0 Å². The van der Waals surface area contributed by atoms with Crippen molar-refractivity contribution in [2.45, 2.75) is 50.9 Å². The highest BCUT2D eigenvalue weighted by molar-refractivity contribution is 5.82. The van der Waals surface area contributed by atoms with Gasteiger partial charge in [0.2, 0.25) is 0 Å². The zero-order chi connectivity index (χ0) is 20.8. The minimum Gasteiger partial charge on any atom is -0.387 e. The van der Waals surface area contributed by atoms with E-state index in [1.54, 1.807) is 10.6 Å². The first-order valence-electron chi connectivity index (χ1n) is 10.4. The highest BCUT2D eigenvalue weighted by Crippen LogP contribution is 2.30. The van der Waals surface area contributed by atoms with E-state index in [9.17, 15) is 14.3 Å². The Morgan fingerprint density at radius 3 is 3.07 bits per heavy atom. The Labute approximate surface area is 172 Å². The van der Waals surface area contributed by atoms with Crippen LogP contribution in [0.1, 0.15) is 37.0 Å². The van der Waals surface area contributed by atoms with Gasteiger partial charge >= 0.3 is 5.69 Å². The van der Waals surface area contributed by atoms with Gasteiger partial charge in [-0.2, -0.15) is 0 Å². The first kappa shape index (κ1) is 19.1. The fourth-order valence-electron chi connectivity index (χ4n) is 4.74. The van der Waals surface area contributed by atoms with E-state index in [4.69, 9.17) is 0 Å². The zero-order valence-electron chi connectivity index (χ0n) is 16.8. The summed E-state index contributed by atoms with van der Waals surface area (Å²) in [6, 6.07) is 10.6. The van der Waals surface area contributed by atoms with Crippen molar-refractivity contribution in [3.05, 3.63) is 70.0 Å². The minimum atomic E-state index is -0.704. The summed E-state index contributed by atoms with van der Waals surface area (Å²) in [6.07, 6.45) is 3.30. The molecule has 1 aliphatic rings. The van der Waals surface area contributed by atoms with Crippen LogP contribution in [0.15, 0.2) is 47.4 Å². The molecule has 7 heteroatoms. The van der Waals surface area contributed by atoms with Crippen LogP contribution < -0.4 is 11.0 Å². The number of aromatic amines is 2. The van der Waals surface area contributed by atoms with Gasteiger partial charge in [-0.05, 0) is 56.0 Å². The summed E-state index contributed by atoms with van der Waals surface area (Å²) in [4.78, 5) is 18.3. The largest absolute Gasteiger partial charge is 0.387 e. The number of para-hydroxylation sites is 1. The SMILES string of the molecule is C[C@@H](CCc1cc(F)cc2cc[nH]c12)N[C@@H]1CCn2c(=O)[nH]c3cccc(c32)[C@H]1O. The van der Waals surface area contributed by atoms with Gasteiger partial charge in [0.05, 0.1) is 17.1 Å². The average Bonchev–Trinajstić information content (AvgIpc) is 3.28. The third kappa shape index (κ3) is 3.24. The lowest BCUT2D eigenvalue weighted by Gasteiger charge is -2.26. The number of H-pyrrole nitrogens is 2. The average molecular weight is 408 g/mol. The van der Waals surface area contributed by atoms with E-state index in [2.05, 4.69) is 22.2 Å². The van der Waals surface area contributed by atoms with E-state index in [0.717, 1.165) is 45.9 Å². The molecule has 0 bridgehead atoms. The van der Waals surface area contributed by atoms with Gasteiger partial charge < -0.3 is 20.4 Å². The molecule has 0 radical (unpaired) electrons. The number of aromatic nitrogens is 3. The summed E-state index contributed by atoms with van der Waals surface area (Å²) >= 11 is 0. The van der Waals surface area contributed by atoms with Crippen LogP contribution in [0.2, 0.25) is 0 Å². The number of nitrogens with one attached hydrogen (secondary N) is 3. The summed E-state index contributed by atoms with van der Waals surface area (Å²) in [5, 5.41) is 15.5. The Kier molecular flexibility index (Phi) is 4.72. The molecule has 0 fully saturated rings. The van der Waals surface area contributed by atoms with Crippen molar-refractivity contribution in [2.24, 2.45) is 0 Å². The Balaban J connectivity index is 1.32. The number of fused-ring (bicyclic) bond motifs is 1. The summed E-state index contributed by atoms with van der Waals surface area (Å²) in [6.45, 7) is 2.63. The van der Waals surface area contributed by atoms with Crippen molar-refractivity contribution in [1.29, 1.82) is 0 Å². The molecule has 30 heavy (non-hydrogen) atoms. The molecule has 156 valence electrons. The maximum absolute atomic E-state index is 13.9. The van der Waals surface area contributed by atoms with Crippen LogP contribution in [-0.2, 0) is 13.0 Å². The number of hydrogen-bond acceptors (Lipinski definition) is 3. The van der Waals surface area contributed by atoms with Gasteiger partial charge in [0.1, 0.15) is 5.82 Å². The molecule has 0 unspecified atom stereocenters. The van der Waals surface area contributed by atoms with E-state index in [-0.39, 0.29) is 23.6 Å². The van der Waals surface area contributed by atoms with Gasteiger partial charge in [0.25, 0.3) is 0 Å². The van der Waals surface area contributed by atoms with Crippen molar-refractivity contribution in [3.63, 3.8) is 0 Å². The topological polar surface area (TPSA) is 85.8 Å². The zero-order valence-corrected chi connectivity index (χ0v) is 16.8. The molecular formula is C23H25FN4O2. The smallest absolute Gasteiger partial charge is 0.326 e. The molecule has 3 atom stereocenters. The summed E-state index contributed by atoms with van der Waals surface area (Å²) < 4.78 is 15.6. The lowest BCUT2D eigenvalue weighted by atomic mass is 9.98. The van der Waals surface area contributed by atoms with Crippen LogP contribution in [0.25, 0.3) is 21.9 Å². The number of rotatable bonds is 5. The lowest BCUT2D eigenvalue weighted by molar-refractivity contribution is 0.119. The Morgan fingerprint density at radius 2 is 2.20 bits per heavy atom. The van der Waals surface area contributed by atoms with E-state index in [1.807, 2.05) is 30.5 Å². The molecule has 6 nitrogen and oxygen atoms in total. The van der Waals surface area contributed by atoms with Gasteiger partial charge in [0.15, 0.2) is 0 Å². The Bertz CT molecular complexity index is 1270. The van der Waals surface area contributed by atoms with Crippen molar-refractivity contribution in [1.82, 2.24) is 19.9 Å². The number of halogens is 1. The van der Waals surface area contributed by atoms with Gasteiger partial charge in [-0.15, -0.1) is 0 Å². The molecule has 5 rings (SSSR count). The van der Waals surface area contributed by atoms with Crippen LogP contribution in [0.5, 0.6) is 0 Å². The van der Waals surface area contributed by atoms with Gasteiger partial charge in [-0.1, -0.05) is 12.1 Å². The molecule has 2 aromatic carbocycles. The fourth-order valence-corrected chi connectivity index (χ4v) is 4.74. The van der Waals surface area contributed by atoms with Gasteiger partial charge in [-0.3, -0.25) is 4.57 Å². The number of aliphatic hydroxyl groups excluding tert-OH is 1. The first-order chi connectivity index (χ1) is 14.5. The fraction of sp³-hybridized carbons (Fsp3) is 0.348. The second-order valence-electron chi connectivity index (χ2n) is 8.28. The molecule has 0 saturated heterocycles. The molecule has 4 aromatic rings. The molecular weight excluding hydrogens is 383 g/mol. The van der Waals surface area contributed by atoms with Crippen LogP contribution in [-0.4, -0.2) is 31.7 Å². The number of nitrogens with zero attached hydrogens (tertiary/aromatic N) is 1. The first-order valence-corrected chi connectivity index (χ1v) is 10.4. The van der Waals surface area contributed by atoms with Crippen molar-refractivity contribution in [3.8, 4) is 0 Å². The van der Waals surface area contributed by atoms with Crippen LogP contribution in [0, 0.1) is 5.82 Å². The van der Waals surface area contributed by atoms with Crippen LogP contribution >= 0.6 is 0 Å². The summed E-state index contributed by atoms with van der Waals surface area (Å²) in [7, 11) is 0. The van der Waals surface area contributed by atoms with Crippen molar-refractivity contribution < 1.29 is 9.50 Å². The maximum Gasteiger partial charge on any atom is 0.326 e. The highest BCUT2D eigenvalue weighted by Gasteiger charge is 2.29. The third-order valence-electron chi connectivity index (χ3n) is 6.24. The molecule has 3 heterocycles. The number of aryl methyl sites for hydroxylation is 2. The summed E-state index contributed by atoms with van der Waals surface area (Å²) in [5.41, 5.74) is 4.11. The quantitative estimate of drug-likeness (QED) is 0.408. The third-order valence-corrected chi connectivity index (χ3v) is 6.24. The van der Waals surface area contributed by atoms with Gasteiger partial charge in [0, 0.05) is 41.3 Å². The van der Waals surface area contributed by atoms with E-state index < -0.39 is 6.10 Å². The Morgan fingerprint density at radius 1 is 1.33 bits per heavy atom. The Hall–Kier alpha value is -2.90. The monoisotopic (exact) mass is 408 g/mol. The molecule has 0 spiro atoms. The predicted octanol–water partition coefficient (Wildman–Crippen LogP) is 3.37. The van der Waals surface area contributed by atoms with E-state index in [1.165, 1.54) is 6.07 Å². The van der Waals surface area contributed by atoms with Gasteiger partial charge in [-0.25, -0.2) is 9.18 Å². The maximum atomic E-state index is 13.9. The molecule has 0 amide bonds. The van der Waals surface area contributed by atoms with Crippen LogP contribution in [0.3, 0.4) is 0 Å². The lowest BCUT2D eigenvalue weighted by Crippen LogP contribution is -2.41. The standard InChI is InChI=1S/C23H25FN4O2/c1-13(5-6-14-11-16(24)12-15-7-9-25-20(14)15)26-19-8-10-28-21-17(22(19)29)3-2-4-18(21)27-23(28)30/h2-4,7,9,11-13,19,22,25-26,29H,5-6,8,10H2,1H3,(H,27,30)/t13-,19+,22+/m0/s1. The highest BCUT2D eigenvalue weighted by atomic mass is 19.1.